The van der Waals surface area contributed by atoms with E-state index in [1.807, 2.05) is 6.92 Å². The van der Waals surface area contributed by atoms with E-state index < -0.39 is 0 Å². The minimum Gasteiger partial charge on any atom is -0.368 e. The van der Waals surface area contributed by atoms with Crippen molar-refractivity contribution >= 4 is 17.0 Å². The molecule has 0 spiro atoms. The molecule has 102 valence electrons. The maximum Gasteiger partial charge on any atom is 0.0898 e. The molecule has 0 aliphatic carbocycles. The molecule has 0 fully saturated rings. The third kappa shape index (κ3) is 3.33. The van der Waals surface area contributed by atoms with Gasteiger partial charge < -0.3 is 10.6 Å². The zero-order valence-electron chi connectivity index (χ0n) is 11.8. The number of anilines is 1. The van der Waals surface area contributed by atoms with Crippen LogP contribution in [0.5, 0.6) is 0 Å². The number of para-hydroxylation sites is 1. The second-order valence-corrected chi connectivity index (χ2v) is 5.85. The number of aryl methyl sites for hydroxylation is 1. The lowest BCUT2D eigenvalue weighted by Gasteiger charge is -2.24. The Kier molecular flexibility index (Phi) is 4.56. The number of nitrogens with zero attached hydrogens (tertiary/aromatic N) is 2. The molecule has 1 heterocycles. The Morgan fingerprint density at radius 3 is 2.74 bits per heavy atom. The highest BCUT2D eigenvalue weighted by molar-refractivity contribution is 7.09. The fourth-order valence-electron chi connectivity index (χ4n) is 2.18. The van der Waals surface area contributed by atoms with Gasteiger partial charge in [0, 0.05) is 24.2 Å². The predicted molar refractivity (Wildman–Crippen MR) is 82.6 cm³/mol. The summed E-state index contributed by atoms with van der Waals surface area (Å²) in [7, 11) is 2.09. The van der Waals surface area contributed by atoms with Crippen LogP contribution in [0.4, 0.5) is 5.69 Å². The highest BCUT2D eigenvalue weighted by Gasteiger charge is 2.13. The molecule has 0 saturated carbocycles. The molecule has 1 aromatic carbocycles. The highest BCUT2D eigenvalue weighted by Crippen LogP contribution is 2.27. The van der Waals surface area contributed by atoms with Crippen molar-refractivity contribution in [1.29, 1.82) is 0 Å². The summed E-state index contributed by atoms with van der Waals surface area (Å²) in [4.78, 5) is 6.74. The molecule has 0 aliphatic heterocycles. The van der Waals surface area contributed by atoms with Crippen molar-refractivity contribution in [3.63, 3.8) is 0 Å². The molecule has 19 heavy (non-hydrogen) atoms. The maximum atomic E-state index is 6.19. The Hall–Kier alpha value is -1.39. The fraction of sp³-hybridized carbons (Fsp3) is 0.400. The van der Waals surface area contributed by atoms with E-state index in [-0.39, 0.29) is 6.04 Å². The monoisotopic (exact) mass is 275 g/mol. The van der Waals surface area contributed by atoms with E-state index in [9.17, 15) is 0 Å². The average molecular weight is 275 g/mol. The number of nitrogens with two attached hydrogens (primary N) is 1. The summed E-state index contributed by atoms with van der Waals surface area (Å²) in [5.41, 5.74) is 9.71. The van der Waals surface area contributed by atoms with Gasteiger partial charge in [0.05, 0.1) is 17.2 Å². The molecular weight excluding hydrogens is 254 g/mol. The molecule has 0 bridgehead atoms. The summed E-state index contributed by atoms with van der Waals surface area (Å²) in [6.07, 6.45) is 0.945. The molecule has 0 saturated heterocycles. The summed E-state index contributed by atoms with van der Waals surface area (Å²) in [6.45, 7) is 4.97. The zero-order chi connectivity index (χ0) is 13.8. The van der Waals surface area contributed by atoms with Crippen molar-refractivity contribution in [3.05, 3.63) is 45.9 Å². The molecule has 2 aromatic rings. The minimum atomic E-state index is 0.0934. The van der Waals surface area contributed by atoms with Gasteiger partial charge in [-0.25, -0.2) is 4.98 Å². The van der Waals surface area contributed by atoms with Crippen LogP contribution in [0.1, 0.15) is 35.7 Å². The van der Waals surface area contributed by atoms with E-state index in [1.165, 1.54) is 11.3 Å². The number of hydrogen-bond acceptors (Lipinski definition) is 4. The topological polar surface area (TPSA) is 42.1 Å². The number of rotatable bonds is 5. The van der Waals surface area contributed by atoms with Crippen LogP contribution in [0.3, 0.4) is 0 Å². The van der Waals surface area contributed by atoms with Crippen LogP contribution < -0.4 is 10.6 Å². The second kappa shape index (κ2) is 6.17. The number of thiazole rings is 1. The van der Waals surface area contributed by atoms with Gasteiger partial charge in [0.1, 0.15) is 0 Å². The van der Waals surface area contributed by atoms with E-state index in [2.05, 4.69) is 53.5 Å². The third-order valence-corrected chi connectivity index (χ3v) is 4.08. The van der Waals surface area contributed by atoms with Gasteiger partial charge in [-0.2, -0.15) is 0 Å². The summed E-state index contributed by atoms with van der Waals surface area (Å²) in [5, 5.41) is 3.23. The number of benzene rings is 1. The second-order valence-electron chi connectivity index (χ2n) is 4.79. The largest absolute Gasteiger partial charge is 0.368 e. The van der Waals surface area contributed by atoms with Gasteiger partial charge in [-0.15, -0.1) is 11.3 Å². The standard InChI is InChI=1S/C15H21N3S/c1-4-14(16)13-7-5-6-8-15(13)18(3)9-12-10-19-11(2)17-12/h5-8,10,14H,4,9,16H2,1-3H3/t14-/m1/s1. The van der Waals surface area contributed by atoms with Crippen molar-refractivity contribution < 1.29 is 0 Å². The number of hydrogen-bond donors (Lipinski definition) is 1. The lowest BCUT2D eigenvalue weighted by molar-refractivity contribution is 0.693. The Morgan fingerprint density at radius 2 is 2.11 bits per heavy atom. The quantitative estimate of drug-likeness (QED) is 0.908. The molecule has 0 unspecified atom stereocenters. The smallest absolute Gasteiger partial charge is 0.0898 e. The van der Waals surface area contributed by atoms with Gasteiger partial charge in [-0.1, -0.05) is 25.1 Å². The Labute approximate surface area is 119 Å². The van der Waals surface area contributed by atoms with E-state index in [4.69, 9.17) is 5.73 Å². The van der Waals surface area contributed by atoms with Crippen LogP contribution >= 0.6 is 11.3 Å². The molecule has 1 aromatic heterocycles. The zero-order valence-corrected chi connectivity index (χ0v) is 12.6. The van der Waals surface area contributed by atoms with Crippen LogP contribution in [-0.2, 0) is 6.54 Å². The van der Waals surface area contributed by atoms with E-state index in [1.54, 1.807) is 11.3 Å². The number of aromatic nitrogens is 1. The molecule has 0 aliphatic rings. The van der Waals surface area contributed by atoms with E-state index in [0.717, 1.165) is 23.7 Å². The first-order chi connectivity index (χ1) is 9.11. The molecule has 0 amide bonds. The van der Waals surface area contributed by atoms with Crippen molar-refractivity contribution in [1.82, 2.24) is 4.98 Å². The van der Waals surface area contributed by atoms with Crippen molar-refractivity contribution in [3.8, 4) is 0 Å². The van der Waals surface area contributed by atoms with Gasteiger partial charge in [-0.05, 0) is 25.0 Å². The average Bonchev–Trinajstić information content (AvgIpc) is 2.83. The van der Waals surface area contributed by atoms with Crippen molar-refractivity contribution in [2.24, 2.45) is 5.73 Å². The summed E-state index contributed by atoms with van der Waals surface area (Å²) in [6, 6.07) is 8.45. The lowest BCUT2D eigenvalue weighted by atomic mass is 10.0. The Balaban J connectivity index is 2.21. The van der Waals surface area contributed by atoms with Crippen LogP contribution in [-0.4, -0.2) is 12.0 Å². The lowest BCUT2D eigenvalue weighted by Crippen LogP contribution is -2.21. The van der Waals surface area contributed by atoms with Gasteiger partial charge in [0.2, 0.25) is 0 Å². The van der Waals surface area contributed by atoms with Gasteiger partial charge in [-0.3, -0.25) is 0 Å². The summed E-state index contributed by atoms with van der Waals surface area (Å²) in [5.74, 6) is 0. The van der Waals surface area contributed by atoms with E-state index >= 15 is 0 Å². The maximum absolute atomic E-state index is 6.19. The molecule has 3 nitrogen and oxygen atoms in total. The third-order valence-electron chi connectivity index (χ3n) is 3.25. The van der Waals surface area contributed by atoms with Crippen molar-refractivity contribution in [2.75, 3.05) is 11.9 Å². The van der Waals surface area contributed by atoms with Crippen LogP contribution in [0.15, 0.2) is 29.6 Å². The normalized spacial score (nSPS) is 12.4. The highest BCUT2D eigenvalue weighted by atomic mass is 32.1. The first-order valence-corrected chi connectivity index (χ1v) is 7.46. The van der Waals surface area contributed by atoms with Crippen molar-refractivity contribution in [2.45, 2.75) is 32.9 Å². The molecule has 2 N–H and O–H groups in total. The fourth-order valence-corrected chi connectivity index (χ4v) is 2.78. The van der Waals surface area contributed by atoms with Crippen LogP contribution in [0.25, 0.3) is 0 Å². The molecule has 1 atom stereocenters. The van der Waals surface area contributed by atoms with Gasteiger partial charge in [0.15, 0.2) is 0 Å². The SMILES string of the molecule is CC[C@@H](N)c1ccccc1N(C)Cc1csc(C)n1. The Bertz CT molecular complexity index is 536. The van der Waals surface area contributed by atoms with Gasteiger partial charge >= 0.3 is 0 Å². The van der Waals surface area contributed by atoms with Gasteiger partial charge in [0.25, 0.3) is 0 Å². The molecular formula is C15H21N3S. The first kappa shape index (κ1) is 14.0. The summed E-state index contributed by atoms with van der Waals surface area (Å²) >= 11 is 1.69. The minimum absolute atomic E-state index is 0.0934. The first-order valence-electron chi connectivity index (χ1n) is 6.58. The predicted octanol–water partition coefficient (Wildman–Crippen LogP) is 3.50. The van der Waals surface area contributed by atoms with E-state index in [0.29, 0.717) is 0 Å². The molecule has 0 radical (unpaired) electrons. The summed E-state index contributed by atoms with van der Waals surface area (Å²) < 4.78 is 0. The van der Waals surface area contributed by atoms with Crippen LogP contribution in [0, 0.1) is 6.92 Å². The Morgan fingerprint density at radius 1 is 1.37 bits per heavy atom. The molecule has 2 rings (SSSR count). The van der Waals surface area contributed by atoms with Crippen LogP contribution in [0.2, 0.25) is 0 Å². The molecule has 4 heteroatoms.